The Hall–Kier alpha value is -1.32. The van der Waals surface area contributed by atoms with E-state index in [9.17, 15) is 4.79 Å². The molecule has 0 radical (unpaired) electrons. The monoisotopic (exact) mass is 449 g/mol. The number of hydrogen-bond donors (Lipinski definition) is 1. The Kier molecular flexibility index (Phi) is 9.09. The maximum absolute atomic E-state index is 11.8. The largest absolute Gasteiger partial charge is 0.466 e. The number of guanidine groups is 1. The van der Waals surface area contributed by atoms with Crippen molar-refractivity contribution in [1.82, 2.24) is 20.0 Å². The maximum Gasteiger partial charge on any atom is 0.309 e. The molecule has 0 aromatic carbocycles. The molecule has 0 spiro atoms. The van der Waals surface area contributed by atoms with E-state index in [2.05, 4.69) is 27.2 Å². The molecule has 1 fully saturated rings. The van der Waals surface area contributed by atoms with Crippen LogP contribution >= 0.6 is 24.0 Å². The van der Waals surface area contributed by atoms with Crippen molar-refractivity contribution in [2.24, 2.45) is 18.0 Å². The highest BCUT2D eigenvalue weighted by atomic mass is 127. The van der Waals surface area contributed by atoms with Crippen molar-refractivity contribution in [2.75, 3.05) is 26.2 Å². The summed E-state index contributed by atoms with van der Waals surface area (Å²) in [6.45, 7) is 7.43. The van der Waals surface area contributed by atoms with Gasteiger partial charge in [-0.1, -0.05) is 0 Å². The van der Waals surface area contributed by atoms with Crippen molar-refractivity contribution < 1.29 is 9.53 Å². The van der Waals surface area contributed by atoms with E-state index in [1.165, 1.54) is 0 Å². The molecule has 0 atom stereocenters. The zero-order valence-corrected chi connectivity index (χ0v) is 17.0. The van der Waals surface area contributed by atoms with Gasteiger partial charge in [-0.25, -0.2) is 4.99 Å². The molecule has 1 aliphatic rings. The van der Waals surface area contributed by atoms with E-state index >= 15 is 0 Å². The number of piperidine rings is 1. The minimum Gasteiger partial charge on any atom is -0.466 e. The second kappa shape index (κ2) is 10.5. The Morgan fingerprint density at radius 3 is 2.67 bits per heavy atom. The van der Waals surface area contributed by atoms with Gasteiger partial charge in [0.1, 0.15) is 0 Å². The summed E-state index contributed by atoms with van der Waals surface area (Å²) in [6, 6.07) is 0. The summed E-state index contributed by atoms with van der Waals surface area (Å²) in [5.74, 6) is 0.857. The van der Waals surface area contributed by atoms with Gasteiger partial charge in [-0.2, -0.15) is 5.10 Å². The third kappa shape index (κ3) is 5.95. The number of aliphatic imine (C=N–C) groups is 1. The molecule has 0 amide bonds. The van der Waals surface area contributed by atoms with E-state index in [1.54, 1.807) is 4.68 Å². The minimum absolute atomic E-state index is 0. The second-order valence-electron chi connectivity index (χ2n) is 5.71. The smallest absolute Gasteiger partial charge is 0.309 e. The second-order valence-corrected chi connectivity index (χ2v) is 5.71. The van der Waals surface area contributed by atoms with Gasteiger partial charge in [-0.05, 0) is 26.7 Å². The van der Waals surface area contributed by atoms with Crippen LogP contribution in [0.25, 0.3) is 0 Å². The van der Waals surface area contributed by atoms with Gasteiger partial charge < -0.3 is 15.0 Å². The molecule has 136 valence electrons. The zero-order chi connectivity index (χ0) is 16.7. The van der Waals surface area contributed by atoms with E-state index in [0.29, 0.717) is 13.2 Å². The summed E-state index contributed by atoms with van der Waals surface area (Å²) in [4.78, 5) is 18.7. The number of likely N-dealkylation sites (tertiary alicyclic amines) is 1. The van der Waals surface area contributed by atoms with Crippen molar-refractivity contribution >= 4 is 35.9 Å². The van der Waals surface area contributed by atoms with Gasteiger partial charge in [0.15, 0.2) is 5.96 Å². The van der Waals surface area contributed by atoms with Crippen LogP contribution in [0.3, 0.4) is 0 Å². The number of rotatable bonds is 5. The van der Waals surface area contributed by atoms with Crippen LogP contribution in [0.4, 0.5) is 0 Å². The molecular weight excluding hydrogens is 421 g/mol. The summed E-state index contributed by atoms with van der Waals surface area (Å²) in [7, 11) is 1.90. The van der Waals surface area contributed by atoms with E-state index in [1.807, 2.05) is 26.4 Å². The summed E-state index contributed by atoms with van der Waals surface area (Å²) >= 11 is 0. The Balaban J connectivity index is 0.00000288. The lowest BCUT2D eigenvalue weighted by Gasteiger charge is -2.33. The van der Waals surface area contributed by atoms with Gasteiger partial charge in [0.25, 0.3) is 0 Å². The van der Waals surface area contributed by atoms with Crippen LogP contribution in [-0.4, -0.2) is 52.9 Å². The first-order valence-electron chi connectivity index (χ1n) is 8.31. The Morgan fingerprint density at radius 1 is 1.42 bits per heavy atom. The van der Waals surface area contributed by atoms with Crippen LogP contribution in [0, 0.1) is 5.92 Å². The summed E-state index contributed by atoms with van der Waals surface area (Å²) in [5, 5.41) is 7.49. The number of hydrogen-bond acceptors (Lipinski definition) is 4. The van der Waals surface area contributed by atoms with Crippen LogP contribution in [0.1, 0.15) is 32.3 Å². The van der Waals surface area contributed by atoms with Crippen LogP contribution < -0.4 is 5.32 Å². The van der Waals surface area contributed by atoms with E-state index in [4.69, 9.17) is 4.74 Å². The number of carbonyl (C=O) groups excluding carboxylic acids is 1. The number of aryl methyl sites for hydroxylation is 1. The normalized spacial score (nSPS) is 15.8. The maximum atomic E-state index is 11.8. The SMILES string of the molecule is CCNC(=NCc1cnn(C)c1)N1CCC(C(=O)OCC)CC1.I. The molecule has 7 nitrogen and oxygen atoms in total. The summed E-state index contributed by atoms with van der Waals surface area (Å²) < 4.78 is 6.90. The average molecular weight is 449 g/mol. The number of nitrogens with zero attached hydrogens (tertiary/aromatic N) is 4. The molecule has 0 bridgehead atoms. The number of esters is 1. The third-order valence-corrected chi connectivity index (χ3v) is 3.92. The van der Waals surface area contributed by atoms with E-state index in [0.717, 1.165) is 44.0 Å². The highest BCUT2D eigenvalue weighted by molar-refractivity contribution is 14.0. The number of aromatic nitrogens is 2. The fraction of sp³-hybridized carbons (Fsp3) is 0.688. The first-order valence-corrected chi connectivity index (χ1v) is 8.31. The molecule has 0 saturated carbocycles. The lowest BCUT2D eigenvalue weighted by Crippen LogP contribution is -2.46. The molecule has 0 unspecified atom stereocenters. The lowest BCUT2D eigenvalue weighted by atomic mass is 9.97. The number of nitrogens with one attached hydrogen (secondary N) is 1. The minimum atomic E-state index is -0.0653. The molecule has 1 aromatic heterocycles. The molecule has 24 heavy (non-hydrogen) atoms. The molecule has 2 rings (SSSR count). The first kappa shape index (κ1) is 20.7. The van der Waals surface area contributed by atoms with Crippen molar-refractivity contribution in [2.45, 2.75) is 33.2 Å². The predicted molar refractivity (Wildman–Crippen MR) is 104 cm³/mol. The molecule has 2 heterocycles. The molecule has 1 saturated heterocycles. The predicted octanol–water partition coefficient (Wildman–Crippen LogP) is 1.78. The third-order valence-electron chi connectivity index (χ3n) is 3.92. The number of ether oxygens (including phenoxy) is 1. The van der Waals surface area contributed by atoms with Gasteiger partial charge in [-0.15, -0.1) is 24.0 Å². The molecule has 8 heteroatoms. The van der Waals surface area contributed by atoms with Crippen molar-refractivity contribution in [3.8, 4) is 0 Å². The quantitative estimate of drug-likeness (QED) is 0.321. The molecule has 1 aromatic rings. The van der Waals surface area contributed by atoms with Crippen molar-refractivity contribution in [3.05, 3.63) is 18.0 Å². The first-order chi connectivity index (χ1) is 11.1. The van der Waals surface area contributed by atoms with Gasteiger partial charge >= 0.3 is 5.97 Å². The van der Waals surface area contributed by atoms with Crippen molar-refractivity contribution in [1.29, 1.82) is 0 Å². The molecule has 1 aliphatic heterocycles. The summed E-state index contributed by atoms with van der Waals surface area (Å²) in [5.41, 5.74) is 1.09. The summed E-state index contributed by atoms with van der Waals surface area (Å²) in [6.07, 6.45) is 5.44. The standard InChI is InChI=1S/C16H27N5O2.HI/c1-4-17-16(18-10-13-11-19-20(3)12-13)21-8-6-14(7-9-21)15(22)23-5-2;/h11-12,14H,4-10H2,1-3H3,(H,17,18);1H. The van der Waals surface area contributed by atoms with Gasteiger partial charge in [-0.3, -0.25) is 9.48 Å². The van der Waals surface area contributed by atoms with Crippen LogP contribution in [-0.2, 0) is 23.1 Å². The molecule has 0 aliphatic carbocycles. The lowest BCUT2D eigenvalue weighted by molar-refractivity contribution is -0.149. The average Bonchev–Trinajstić information content (AvgIpc) is 2.97. The van der Waals surface area contributed by atoms with Crippen LogP contribution in [0.2, 0.25) is 0 Å². The highest BCUT2D eigenvalue weighted by Gasteiger charge is 2.27. The topological polar surface area (TPSA) is 71.8 Å². The van der Waals surface area contributed by atoms with Gasteiger partial charge in [0, 0.05) is 38.4 Å². The van der Waals surface area contributed by atoms with Gasteiger partial charge in [0.05, 0.1) is 25.3 Å². The van der Waals surface area contributed by atoms with Crippen LogP contribution in [0.5, 0.6) is 0 Å². The zero-order valence-electron chi connectivity index (χ0n) is 14.7. The Bertz CT molecular complexity index is 538. The number of halogens is 1. The van der Waals surface area contributed by atoms with Crippen LogP contribution in [0.15, 0.2) is 17.4 Å². The fourth-order valence-corrected chi connectivity index (χ4v) is 2.73. The fourth-order valence-electron chi connectivity index (χ4n) is 2.73. The Labute approximate surface area is 160 Å². The highest BCUT2D eigenvalue weighted by Crippen LogP contribution is 2.19. The molecule has 1 N–H and O–H groups in total. The van der Waals surface area contributed by atoms with E-state index in [-0.39, 0.29) is 35.9 Å². The molecular formula is C16H28IN5O2. The Morgan fingerprint density at radius 2 is 2.12 bits per heavy atom. The number of carbonyl (C=O) groups is 1. The van der Waals surface area contributed by atoms with Crippen molar-refractivity contribution in [3.63, 3.8) is 0 Å². The van der Waals surface area contributed by atoms with Gasteiger partial charge in [0.2, 0.25) is 0 Å². The van der Waals surface area contributed by atoms with E-state index < -0.39 is 0 Å².